The number of rotatable bonds is 3. The fourth-order valence-corrected chi connectivity index (χ4v) is 3.37. The van der Waals surface area contributed by atoms with Crippen molar-refractivity contribution in [2.24, 2.45) is 0 Å². The highest BCUT2D eigenvalue weighted by molar-refractivity contribution is 5.39. The van der Waals surface area contributed by atoms with E-state index in [9.17, 15) is 4.79 Å². The van der Waals surface area contributed by atoms with Gasteiger partial charge in [0, 0.05) is 30.6 Å². The highest BCUT2D eigenvalue weighted by Gasteiger charge is 2.27. The molecule has 1 atom stereocenters. The lowest BCUT2D eigenvalue weighted by atomic mass is 10.1. The third-order valence-electron chi connectivity index (χ3n) is 4.39. The van der Waals surface area contributed by atoms with E-state index in [2.05, 4.69) is 26.0 Å². The van der Waals surface area contributed by atoms with E-state index in [1.807, 2.05) is 31.3 Å². The molecule has 0 radical (unpaired) electrons. The summed E-state index contributed by atoms with van der Waals surface area (Å²) in [5, 5.41) is 3.00. The third-order valence-corrected chi connectivity index (χ3v) is 4.39. The van der Waals surface area contributed by atoms with Gasteiger partial charge in [0.2, 0.25) is 0 Å². The summed E-state index contributed by atoms with van der Waals surface area (Å²) >= 11 is 0. The first-order valence-electron chi connectivity index (χ1n) is 7.94. The Morgan fingerprint density at radius 3 is 3.09 bits per heavy atom. The van der Waals surface area contributed by atoms with Crippen LogP contribution in [-0.4, -0.2) is 31.0 Å². The van der Waals surface area contributed by atoms with E-state index in [-0.39, 0.29) is 5.56 Å². The first-order valence-corrected chi connectivity index (χ1v) is 7.94. The molecular formula is C17H19N5O. The van der Waals surface area contributed by atoms with Crippen molar-refractivity contribution >= 4 is 5.65 Å². The Morgan fingerprint density at radius 1 is 1.35 bits per heavy atom. The molecule has 23 heavy (non-hydrogen) atoms. The van der Waals surface area contributed by atoms with Crippen molar-refractivity contribution in [2.45, 2.75) is 32.4 Å². The minimum absolute atomic E-state index is 0.0633. The molecule has 0 unspecified atom stereocenters. The van der Waals surface area contributed by atoms with Crippen LogP contribution in [0.5, 0.6) is 0 Å². The smallest absolute Gasteiger partial charge is 0.272 e. The quantitative estimate of drug-likeness (QED) is 0.804. The van der Waals surface area contributed by atoms with E-state index in [0.717, 1.165) is 36.5 Å². The normalized spacial score (nSPS) is 18.7. The second-order valence-electron chi connectivity index (χ2n) is 6.10. The number of likely N-dealkylation sites (tertiary alicyclic amines) is 1. The lowest BCUT2D eigenvalue weighted by Gasteiger charge is -2.23. The zero-order valence-corrected chi connectivity index (χ0v) is 13.1. The van der Waals surface area contributed by atoms with Crippen LogP contribution in [0.1, 0.15) is 36.0 Å². The first-order chi connectivity index (χ1) is 11.2. The van der Waals surface area contributed by atoms with Crippen LogP contribution >= 0.6 is 0 Å². The number of aryl methyl sites for hydroxylation is 1. The van der Waals surface area contributed by atoms with Crippen LogP contribution in [0.4, 0.5) is 0 Å². The SMILES string of the molecule is Cc1cc2nc(CN3CCC[C@H]3c3ccccn3)cc(=O)n2[nH]1. The van der Waals surface area contributed by atoms with Crippen LogP contribution in [0.2, 0.25) is 0 Å². The number of aromatic nitrogens is 4. The average molecular weight is 309 g/mol. The highest BCUT2D eigenvalue weighted by atomic mass is 16.1. The standard InChI is InChI=1S/C17H19N5O/c1-12-9-16-19-13(10-17(23)22(16)20-12)11-21-8-4-6-15(21)14-5-2-3-7-18-14/h2-3,5,7,9-10,15,20H,4,6,8,11H2,1H3/t15-/m0/s1. The van der Waals surface area contributed by atoms with Crippen LogP contribution in [0.15, 0.2) is 41.3 Å². The number of H-pyrrole nitrogens is 1. The summed E-state index contributed by atoms with van der Waals surface area (Å²) in [6.07, 6.45) is 4.08. The molecule has 1 N–H and O–H groups in total. The Kier molecular flexibility index (Phi) is 3.46. The van der Waals surface area contributed by atoms with Crippen molar-refractivity contribution in [3.8, 4) is 0 Å². The van der Waals surface area contributed by atoms with Gasteiger partial charge in [0.1, 0.15) is 0 Å². The van der Waals surface area contributed by atoms with Crippen molar-refractivity contribution in [2.75, 3.05) is 6.54 Å². The summed E-state index contributed by atoms with van der Waals surface area (Å²) in [4.78, 5) is 23.7. The lowest BCUT2D eigenvalue weighted by molar-refractivity contribution is 0.241. The number of nitrogens with one attached hydrogen (secondary N) is 1. The molecule has 1 aliphatic rings. The Morgan fingerprint density at radius 2 is 2.26 bits per heavy atom. The van der Waals surface area contributed by atoms with Crippen LogP contribution in [0.25, 0.3) is 5.65 Å². The van der Waals surface area contributed by atoms with Crippen molar-refractivity contribution in [1.29, 1.82) is 0 Å². The highest BCUT2D eigenvalue weighted by Crippen LogP contribution is 2.31. The molecule has 0 spiro atoms. The Balaban J connectivity index is 1.63. The maximum absolute atomic E-state index is 12.2. The van der Waals surface area contributed by atoms with E-state index in [0.29, 0.717) is 18.2 Å². The van der Waals surface area contributed by atoms with Crippen molar-refractivity contribution in [1.82, 2.24) is 24.5 Å². The molecular weight excluding hydrogens is 290 g/mol. The number of fused-ring (bicyclic) bond motifs is 1. The Hall–Kier alpha value is -2.47. The van der Waals surface area contributed by atoms with Gasteiger partial charge in [0.25, 0.3) is 5.56 Å². The minimum Gasteiger partial charge on any atom is -0.294 e. The largest absolute Gasteiger partial charge is 0.294 e. The average Bonchev–Trinajstić information content (AvgIpc) is 3.14. The zero-order chi connectivity index (χ0) is 15.8. The zero-order valence-electron chi connectivity index (χ0n) is 13.1. The molecule has 4 heterocycles. The van der Waals surface area contributed by atoms with E-state index in [1.54, 1.807) is 6.07 Å². The Labute approximate surface area is 133 Å². The molecule has 6 nitrogen and oxygen atoms in total. The number of nitrogens with zero attached hydrogens (tertiary/aromatic N) is 4. The molecule has 1 saturated heterocycles. The van der Waals surface area contributed by atoms with E-state index in [1.165, 1.54) is 4.52 Å². The van der Waals surface area contributed by atoms with E-state index in [4.69, 9.17) is 0 Å². The van der Waals surface area contributed by atoms with Crippen LogP contribution < -0.4 is 5.56 Å². The summed E-state index contributed by atoms with van der Waals surface area (Å²) < 4.78 is 1.49. The van der Waals surface area contributed by atoms with Crippen LogP contribution in [0, 0.1) is 6.92 Å². The predicted molar refractivity (Wildman–Crippen MR) is 87.2 cm³/mol. The Bertz CT molecular complexity index is 883. The van der Waals surface area contributed by atoms with Gasteiger partial charge < -0.3 is 0 Å². The lowest BCUT2D eigenvalue weighted by Crippen LogP contribution is -2.25. The molecule has 1 aliphatic heterocycles. The molecule has 0 aliphatic carbocycles. The van der Waals surface area contributed by atoms with Gasteiger partial charge in [-0.1, -0.05) is 6.07 Å². The maximum Gasteiger partial charge on any atom is 0.272 e. The van der Waals surface area contributed by atoms with Crippen molar-refractivity contribution in [3.05, 3.63) is 64.0 Å². The van der Waals surface area contributed by atoms with E-state index < -0.39 is 0 Å². The molecule has 118 valence electrons. The first kappa shape index (κ1) is 14.1. The molecule has 6 heteroatoms. The molecule has 4 rings (SSSR count). The second-order valence-corrected chi connectivity index (χ2v) is 6.10. The number of pyridine rings is 1. The second kappa shape index (κ2) is 5.62. The topological polar surface area (TPSA) is 66.3 Å². The predicted octanol–water partition coefficient (Wildman–Crippen LogP) is 2.06. The molecule has 3 aromatic heterocycles. The van der Waals surface area contributed by atoms with Gasteiger partial charge in [-0.3, -0.25) is 19.8 Å². The number of hydrogen-bond donors (Lipinski definition) is 1. The van der Waals surface area contributed by atoms with Gasteiger partial charge in [-0.05, 0) is 38.4 Å². The van der Waals surface area contributed by atoms with Gasteiger partial charge in [0.05, 0.1) is 17.4 Å². The summed E-state index contributed by atoms with van der Waals surface area (Å²) in [5.74, 6) is 0. The summed E-state index contributed by atoms with van der Waals surface area (Å²) in [6.45, 7) is 3.61. The van der Waals surface area contributed by atoms with Gasteiger partial charge in [-0.15, -0.1) is 0 Å². The van der Waals surface area contributed by atoms with Crippen LogP contribution in [-0.2, 0) is 6.54 Å². The van der Waals surface area contributed by atoms with Gasteiger partial charge in [0.15, 0.2) is 5.65 Å². The van der Waals surface area contributed by atoms with Crippen molar-refractivity contribution < 1.29 is 0 Å². The van der Waals surface area contributed by atoms with Gasteiger partial charge in [-0.25, -0.2) is 9.50 Å². The molecule has 1 fully saturated rings. The van der Waals surface area contributed by atoms with Crippen LogP contribution in [0.3, 0.4) is 0 Å². The number of hydrogen-bond acceptors (Lipinski definition) is 4. The van der Waals surface area contributed by atoms with Crippen molar-refractivity contribution in [3.63, 3.8) is 0 Å². The number of aromatic amines is 1. The third kappa shape index (κ3) is 2.66. The summed E-state index contributed by atoms with van der Waals surface area (Å²) in [5.41, 5.74) is 3.46. The molecule has 3 aromatic rings. The maximum atomic E-state index is 12.2. The van der Waals surface area contributed by atoms with E-state index >= 15 is 0 Å². The van der Waals surface area contributed by atoms with Gasteiger partial charge in [-0.2, -0.15) is 0 Å². The summed E-state index contributed by atoms with van der Waals surface area (Å²) in [6, 6.07) is 9.86. The fraction of sp³-hybridized carbons (Fsp3) is 0.353. The van der Waals surface area contributed by atoms with Gasteiger partial charge >= 0.3 is 0 Å². The summed E-state index contributed by atoms with van der Waals surface area (Å²) in [7, 11) is 0. The monoisotopic (exact) mass is 309 g/mol. The molecule has 0 amide bonds. The molecule has 0 saturated carbocycles. The minimum atomic E-state index is -0.0633. The fourth-order valence-electron chi connectivity index (χ4n) is 3.37. The molecule has 0 aromatic carbocycles. The molecule has 0 bridgehead atoms.